The molecule has 2 heterocycles. The van der Waals surface area contributed by atoms with Crippen LogP contribution in [0.3, 0.4) is 0 Å². The van der Waals surface area contributed by atoms with Gasteiger partial charge >= 0.3 is 5.97 Å². The Hall–Kier alpha value is -1.66. The number of thiazole rings is 1. The second-order valence-corrected chi connectivity index (χ2v) is 6.85. The van der Waals surface area contributed by atoms with Crippen molar-refractivity contribution in [2.24, 2.45) is 5.92 Å². The number of carboxylic acid groups (broad SMARTS) is 1. The lowest BCUT2D eigenvalue weighted by Gasteiger charge is -2.36. The standard InChI is InChI=1S/C16H20N2O3S/c1-10-12(16(19)20)4-3-7-18(10)9-15-17-13-6-5-11(21-2)8-14(13)22-15/h5-6,8,10,12H,3-4,7,9H2,1-2H3,(H,19,20)/t10-,12-/m0/s1. The van der Waals surface area contributed by atoms with Crippen LogP contribution in [0.2, 0.25) is 0 Å². The Kier molecular flexibility index (Phi) is 4.31. The summed E-state index contributed by atoms with van der Waals surface area (Å²) < 4.78 is 6.35. The van der Waals surface area contributed by atoms with Gasteiger partial charge in [0.2, 0.25) is 0 Å². The molecule has 118 valence electrons. The molecule has 0 unspecified atom stereocenters. The van der Waals surface area contributed by atoms with E-state index in [9.17, 15) is 9.90 Å². The number of methoxy groups -OCH3 is 1. The van der Waals surface area contributed by atoms with E-state index in [0.717, 1.165) is 40.4 Å². The van der Waals surface area contributed by atoms with Crippen LogP contribution in [0.1, 0.15) is 24.8 Å². The van der Waals surface area contributed by atoms with Crippen molar-refractivity contribution >= 4 is 27.5 Å². The van der Waals surface area contributed by atoms with Crippen molar-refractivity contribution in [2.45, 2.75) is 32.4 Å². The first-order chi connectivity index (χ1) is 10.6. The number of benzene rings is 1. The van der Waals surface area contributed by atoms with E-state index in [-0.39, 0.29) is 12.0 Å². The molecule has 0 aliphatic carbocycles. The molecule has 6 heteroatoms. The lowest BCUT2D eigenvalue weighted by Crippen LogP contribution is -2.45. The summed E-state index contributed by atoms with van der Waals surface area (Å²) in [6.45, 7) is 3.66. The molecule has 0 amide bonds. The molecule has 1 aromatic carbocycles. The molecule has 2 aromatic rings. The third-order valence-corrected chi connectivity index (χ3v) is 5.42. The highest BCUT2D eigenvalue weighted by atomic mass is 32.1. The maximum atomic E-state index is 11.3. The van der Waals surface area contributed by atoms with Gasteiger partial charge in [-0.3, -0.25) is 9.69 Å². The van der Waals surface area contributed by atoms with E-state index >= 15 is 0 Å². The molecular weight excluding hydrogens is 300 g/mol. The minimum absolute atomic E-state index is 0.0489. The Balaban J connectivity index is 1.78. The van der Waals surface area contributed by atoms with E-state index in [1.807, 2.05) is 25.1 Å². The van der Waals surface area contributed by atoms with Gasteiger partial charge in [0.05, 0.1) is 29.8 Å². The predicted octanol–water partition coefficient (Wildman–Crippen LogP) is 2.99. The zero-order valence-electron chi connectivity index (χ0n) is 12.8. The zero-order chi connectivity index (χ0) is 15.7. The smallest absolute Gasteiger partial charge is 0.308 e. The first-order valence-electron chi connectivity index (χ1n) is 7.49. The number of fused-ring (bicyclic) bond motifs is 1. The molecule has 3 rings (SSSR count). The maximum Gasteiger partial charge on any atom is 0.308 e. The van der Waals surface area contributed by atoms with Gasteiger partial charge in [-0.2, -0.15) is 0 Å². The van der Waals surface area contributed by atoms with Gasteiger partial charge in [0, 0.05) is 6.04 Å². The molecule has 5 nitrogen and oxygen atoms in total. The van der Waals surface area contributed by atoms with Crippen LogP contribution in [0.25, 0.3) is 10.2 Å². The van der Waals surface area contributed by atoms with E-state index in [4.69, 9.17) is 4.74 Å². The maximum absolute atomic E-state index is 11.3. The van der Waals surface area contributed by atoms with Crippen LogP contribution < -0.4 is 4.74 Å². The number of aliphatic carboxylic acids is 1. The molecule has 2 atom stereocenters. The number of aromatic nitrogens is 1. The van der Waals surface area contributed by atoms with Crippen molar-refractivity contribution in [1.82, 2.24) is 9.88 Å². The van der Waals surface area contributed by atoms with Crippen molar-refractivity contribution in [3.05, 3.63) is 23.2 Å². The van der Waals surface area contributed by atoms with Crippen LogP contribution >= 0.6 is 11.3 Å². The van der Waals surface area contributed by atoms with Crippen LogP contribution in [-0.4, -0.2) is 40.7 Å². The van der Waals surface area contributed by atoms with Crippen molar-refractivity contribution in [2.75, 3.05) is 13.7 Å². The fourth-order valence-corrected chi connectivity index (χ4v) is 4.11. The van der Waals surface area contributed by atoms with E-state index in [0.29, 0.717) is 6.54 Å². The summed E-state index contributed by atoms with van der Waals surface area (Å²) in [5, 5.41) is 10.3. The molecule has 1 aliphatic heterocycles. The number of piperidine rings is 1. The minimum atomic E-state index is -0.689. The number of nitrogens with zero attached hydrogens (tertiary/aromatic N) is 2. The van der Waals surface area contributed by atoms with Gasteiger partial charge in [-0.1, -0.05) is 0 Å². The predicted molar refractivity (Wildman–Crippen MR) is 86.4 cm³/mol. The molecule has 0 spiro atoms. The van der Waals surface area contributed by atoms with Gasteiger partial charge in [0.25, 0.3) is 0 Å². The van der Waals surface area contributed by atoms with Crippen LogP contribution in [0.5, 0.6) is 5.75 Å². The van der Waals surface area contributed by atoms with Crippen LogP contribution in [0, 0.1) is 5.92 Å². The molecule has 22 heavy (non-hydrogen) atoms. The zero-order valence-corrected chi connectivity index (χ0v) is 13.6. The molecule has 1 fully saturated rings. The lowest BCUT2D eigenvalue weighted by atomic mass is 9.90. The summed E-state index contributed by atoms with van der Waals surface area (Å²) in [5.74, 6) is -0.130. The van der Waals surface area contributed by atoms with E-state index in [2.05, 4.69) is 9.88 Å². The Labute approximate surface area is 133 Å². The highest BCUT2D eigenvalue weighted by molar-refractivity contribution is 7.18. The molecule has 0 bridgehead atoms. The lowest BCUT2D eigenvalue weighted by molar-refractivity contribution is -0.145. The molecule has 1 N–H and O–H groups in total. The van der Waals surface area contributed by atoms with Crippen molar-refractivity contribution in [3.8, 4) is 5.75 Å². The van der Waals surface area contributed by atoms with Crippen LogP contribution in [0.15, 0.2) is 18.2 Å². The highest BCUT2D eigenvalue weighted by Crippen LogP contribution is 2.30. The minimum Gasteiger partial charge on any atom is -0.497 e. The summed E-state index contributed by atoms with van der Waals surface area (Å²) in [5.41, 5.74) is 0.972. The Bertz CT molecular complexity index is 685. The number of ether oxygens (including phenoxy) is 1. The Morgan fingerprint density at radius 3 is 3.09 bits per heavy atom. The summed E-state index contributed by atoms with van der Waals surface area (Å²) in [6, 6.07) is 5.92. The molecule has 1 aromatic heterocycles. The number of hydrogen-bond donors (Lipinski definition) is 1. The second kappa shape index (κ2) is 6.22. The van der Waals surface area contributed by atoms with Gasteiger partial charge in [-0.25, -0.2) is 4.98 Å². The van der Waals surface area contributed by atoms with Crippen molar-refractivity contribution < 1.29 is 14.6 Å². The number of carbonyl (C=O) groups is 1. The average molecular weight is 320 g/mol. The molecular formula is C16H20N2O3S. The van der Waals surface area contributed by atoms with E-state index in [1.165, 1.54) is 0 Å². The fourth-order valence-electron chi connectivity index (χ4n) is 3.09. The van der Waals surface area contributed by atoms with E-state index in [1.54, 1.807) is 18.4 Å². The topological polar surface area (TPSA) is 62.7 Å². The summed E-state index contributed by atoms with van der Waals surface area (Å²) in [7, 11) is 1.66. The fraction of sp³-hybridized carbons (Fsp3) is 0.500. The van der Waals surface area contributed by atoms with Crippen LogP contribution in [-0.2, 0) is 11.3 Å². The summed E-state index contributed by atoms with van der Waals surface area (Å²) in [6.07, 6.45) is 1.70. The average Bonchev–Trinajstić information content (AvgIpc) is 2.90. The van der Waals surface area contributed by atoms with E-state index < -0.39 is 5.97 Å². The molecule has 1 saturated heterocycles. The van der Waals surface area contributed by atoms with Gasteiger partial charge in [-0.05, 0) is 44.5 Å². The Morgan fingerprint density at radius 1 is 1.55 bits per heavy atom. The third kappa shape index (κ3) is 2.94. The number of likely N-dealkylation sites (tertiary alicyclic amines) is 1. The van der Waals surface area contributed by atoms with Gasteiger partial charge in [0.1, 0.15) is 10.8 Å². The highest BCUT2D eigenvalue weighted by Gasteiger charge is 2.33. The second-order valence-electron chi connectivity index (χ2n) is 5.74. The molecule has 0 saturated carbocycles. The van der Waals surface area contributed by atoms with Crippen molar-refractivity contribution in [1.29, 1.82) is 0 Å². The number of carboxylic acids is 1. The molecule has 0 radical (unpaired) electrons. The first kappa shape index (κ1) is 15.2. The Morgan fingerprint density at radius 2 is 2.36 bits per heavy atom. The summed E-state index contributed by atoms with van der Waals surface area (Å²) >= 11 is 1.65. The summed E-state index contributed by atoms with van der Waals surface area (Å²) in [4.78, 5) is 18.2. The van der Waals surface area contributed by atoms with Gasteiger partial charge < -0.3 is 9.84 Å². The quantitative estimate of drug-likeness (QED) is 0.938. The SMILES string of the molecule is COc1ccc2nc(CN3CCC[C@H](C(=O)O)[C@@H]3C)sc2c1. The molecule has 1 aliphatic rings. The van der Waals surface area contributed by atoms with Gasteiger partial charge in [-0.15, -0.1) is 11.3 Å². The van der Waals surface area contributed by atoms with Gasteiger partial charge in [0.15, 0.2) is 0 Å². The number of hydrogen-bond acceptors (Lipinski definition) is 5. The monoisotopic (exact) mass is 320 g/mol. The number of rotatable bonds is 4. The van der Waals surface area contributed by atoms with Crippen LogP contribution in [0.4, 0.5) is 0 Å². The third-order valence-electron chi connectivity index (χ3n) is 4.41. The van der Waals surface area contributed by atoms with Crippen molar-refractivity contribution in [3.63, 3.8) is 0 Å². The largest absolute Gasteiger partial charge is 0.497 e. The first-order valence-corrected chi connectivity index (χ1v) is 8.30. The normalized spacial score (nSPS) is 22.8.